The fraction of sp³-hybridized carbons (Fsp3) is 0.105. The van der Waals surface area contributed by atoms with Crippen molar-refractivity contribution in [1.29, 1.82) is 0 Å². The molecule has 3 heterocycles. The number of aromatic carboxylic acids is 1. The summed E-state index contributed by atoms with van der Waals surface area (Å²) in [5.74, 6) is -2.89. The molecule has 0 radical (unpaired) electrons. The van der Waals surface area contributed by atoms with E-state index < -0.39 is 24.1 Å². The van der Waals surface area contributed by atoms with Crippen molar-refractivity contribution < 1.29 is 23.5 Å². The Kier molecular flexibility index (Phi) is 6.91. The lowest BCUT2D eigenvalue weighted by Gasteiger charge is -2.12. The first kappa shape index (κ1) is 24.4. The van der Waals surface area contributed by atoms with Crippen molar-refractivity contribution in [2.45, 2.75) is 13.0 Å². The fourth-order valence-electron chi connectivity index (χ4n) is 2.97. The van der Waals surface area contributed by atoms with Crippen molar-refractivity contribution in [3.05, 3.63) is 74.4 Å². The first-order valence-corrected chi connectivity index (χ1v) is 10.6. The minimum atomic E-state index is -2.91. The summed E-state index contributed by atoms with van der Waals surface area (Å²) in [5, 5.41) is 26.6. The minimum Gasteiger partial charge on any atom is -0.478 e. The molecule has 0 aliphatic carbocycles. The number of carbonyl (C=O) groups excluding carboxylic acids is 1. The van der Waals surface area contributed by atoms with Crippen LogP contribution in [0.15, 0.2) is 36.5 Å². The van der Waals surface area contributed by atoms with Gasteiger partial charge in [-0.3, -0.25) is 4.79 Å². The van der Waals surface area contributed by atoms with Gasteiger partial charge in [-0.2, -0.15) is 9.90 Å². The van der Waals surface area contributed by atoms with Crippen LogP contribution in [0.4, 0.5) is 14.5 Å². The number of nitrogens with one attached hydrogen (secondary N) is 1. The van der Waals surface area contributed by atoms with Crippen LogP contribution in [0.1, 0.15) is 38.8 Å². The molecule has 0 fully saturated rings. The van der Waals surface area contributed by atoms with E-state index in [0.717, 1.165) is 15.5 Å². The van der Waals surface area contributed by atoms with Gasteiger partial charge in [0, 0.05) is 11.2 Å². The molecule has 35 heavy (non-hydrogen) atoms. The number of nitrogens with zero attached hydrogens (tertiary/aromatic N) is 7. The highest BCUT2D eigenvalue weighted by molar-refractivity contribution is 6.38. The average Bonchev–Trinajstić information content (AvgIpc) is 3.43. The largest absolute Gasteiger partial charge is 0.478 e. The number of anilines is 1. The fourth-order valence-corrected chi connectivity index (χ4v) is 3.71. The van der Waals surface area contributed by atoms with E-state index in [1.54, 1.807) is 6.07 Å². The number of hydrogen-bond donors (Lipinski definition) is 2. The maximum atomic E-state index is 13.2. The molecule has 0 spiro atoms. The van der Waals surface area contributed by atoms with Crippen LogP contribution >= 0.6 is 34.8 Å². The number of hydrogen-bond acceptors (Lipinski definition) is 7. The van der Waals surface area contributed by atoms with E-state index >= 15 is 0 Å². The number of carboxylic acids is 1. The lowest BCUT2D eigenvalue weighted by atomic mass is 10.1. The van der Waals surface area contributed by atoms with Gasteiger partial charge in [-0.05, 0) is 35.5 Å². The maximum Gasteiger partial charge on any atom is 0.337 e. The smallest absolute Gasteiger partial charge is 0.337 e. The van der Waals surface area contributed by atoms with Gasteiger partial charge in [-0.25, -0.2) is 23.2 Å². The molecule has 0 saturated heterocycles. The number of rotatable bonds is 7. The second-order valence-corrected chi connectivity index (χ2v) is 8.04. The quantitative estimate of drug-likeness (QED) is 0.354. The Morgan fingerprint density at radius 1 is 1.11 bits per heavy atom. The molecule has 2 N–H and O–H groups in total. The molecule has 4 rings (SSSR count). The van der Waals surface area contributed by atoms with E-state index in [4.69, 9.17) is 34.8 Å². The van der Waals surface area contributed by atoms with E-state index in [9.17, 15) is 23.5 Å². The van der Waals surface area contributed by atoms with Crippen LogP contribution in [-0.2, 0) is 6.54 Å². The Morgan fingerprint density at radius 2 is 1.89 bits per heavy atom. The van der Waals surface area contributed by atoms with Gasteiger partial charge in [0.05, 0.1) is 27.0 Å². The van der Waals surface area contributed by atoms with Crippen LogP contribution in [-0.4, -0.2) is 52.0 Å². The Morgan fingerprint density at radius 3 is 2.54 bits per heavy atom. The number of carboxylic acid groups (broad SMARTS) is 1. The summed E-state index contributed by atoms with van der Waals surface area (Å²) in [6.45, 7) is -0.223. The lowest BCUT2D eigenvalue weighted by molar-refractivity contribution is 0.0698. The molecule has 0 saturated carbocycles. The lowest BCUT2D eigenvalue weighted by Crippen LogP contribution is -2.19. The van der Waals surface area contributed by atoms with Crippen LogP contribution in [0.2, 0.25) is 15.1 Å². The Bertz CT molecular complexity index is 1440. The molecule has 1 amide bonds. The molecular weight excluding hydrogens is 533 g/mol. The van der Waals surface area contributed by atoms with Gasteiger partial charge in [0.25, 0.3) is 5.91 Å². The number of benzene rings is 1. The second kappa shape index (κ2) is 9.90. The Hall–Kier alpha value is -3.68. The number of aromatic nitrogens is 7. The maximum absolute atomic E-state index is 13.2. The van der Waals surface area contributed by atoms with Gasteiger partial charge in [-0.1, -0.05) is 34.8 Å². The molecule has 0 atom stereocenters. The molecule has 0 bridgehead atoms. The zero-order chi connectivity index (χ0) is 25.3. The van der Waals surface area contributed by atoms with E-state index in [1.165, 1.54) is 24.4 Å². The Balaban J connectivity index is 1.75. The summed E-state index contributed by atoms with van der Waals surface area (Å²) in [7, 11) is 0. The van der Waals surface area contributed by atoms with Crippen molar-refractivity contribution in [2.24, 2.45) is 0 Å². The third-order valence-corrected chi connectivity index (χ3v) is 5.23. The van der Waals surface area contributed by atoms with E-state index in [0.29, 0.717) is 0 Å². The zero-order valence-electron chi connectivity index (χ0n) is 17.0. The minimum absolute atomic E-state index is 0.0569. The monoisotopic (exact) mass is 542 g/mol. The molecule has 3 aromatic heterocycles. The number of halogens is 5. The normalized spacial score (nSPS) is 11.1. The van der Waals surface area contributed by atoms with Gasteiger partial charge in [0.1, 0.15) is 12.2 Å². The third kappa shape index (κ3) is 5.21. The standard InChI is InChI=1S/C19H11Cl3F2N8O3/c20-8-4-10(19(34)35)14(12(22)5-8)26-18(33)13-6-9(7-31-29-16(15(23)24)27-30-31)28-32(13)17-11(21)2-1-3-25-17/h1-6,15H,7H2,(H,26,33)(H,34,35). The van der Waals surface area contributed by atoms with E-state index in [2.05, 4.69) is 30.8 Å². The topological polar surface area (TPSA) is 141 Å². The van der Waals surface area contributed by atoms with Gasteiger partial charge in [-0.15, -0.1) is 10.2 Å². The molecule has 11 nitrogen and oxygen atoms in total. The first-order valence-electron chi connectivity index (χ1n) is 9.43. The summed E-state index contributed by atoms with van der Waals surface area (Å²) >= 11 is 18.2. The highest BCUT2D eigenvalue weighted by Gasteiger charge is 2.24. The number of carbonyl (C=O) groups is 2. The van der Waals surface area contributed by atoms with E-state index in [-0.39, 0.29) is 50.1 Å². The number of alkyl halides is 2. The predicted octanol–water partition coefficient (Wildman–Crippen LogP) is 4.15. The highest BCUT2D eigenvalue weighted by atomic mass is 35.5. The summed E-state index contributed by atoms with van der Waals surface area (Å²) in [6.07, 6.45) is -1.50. The molecule has 180 valence electrons. The molecule has 4 aromatic rings. The number of amides is 1. The van der Waals surface area contributed by atoms with E-state index in [1.807, 2.05) is 0 Å². The van der Waals surface area contributed by atoms with Gasteiger partial charge < -0.3 is 10.4 Å². The van der Waals surface area contributed by atoms with Crippen molar-refractivity contribution >= 4 is 52.4 Å². The SMILES string of the molecule is O=C(O)c1cc(Cl)cc(Cl)c1NC(=O)c1cc(Cn2nnc(C(F)F)n2)nn1-c1ncccc1Cl. The van der Waals surface area contributed by atoms with Crippen molar-refractivity contribution in [1.82, 2.24) is 35.0 Å². The molecule has 16 heteroatoms. The first-order chi connectivity index (χ1) is 16.6. The number of pyridine rings is 1. The molecule has 0 unspecified atom stereocenters. The molecule has 0 aliphatic heterocycles. The van der Waals surface area contributed by atoms with Crippen LogP contribution in [0.3, 0.4) is 0 Å². The van der Waals surface area contributed by atoms with Crippen LogP contribution in [0, 0.1) is 0 Å². The second-order valence-electron chi connectivity index (χ2n) is 6.79. The third-order valence-electron chi connectivity index (χ3n) is 4.42. The molecule has 0 aliphatic rings. The molecular formula is C19H11Cl3F2N8O3. The summed E-state index contributed by atoms with van der Waals surface area (Å²) in [6, 6.07) is 6.77. The summed E-state index contributed by atoms with van der Waals surface area (Å²) < 4.78 is 26.7. The summed E-state index contributed by atoms with van der Waals surface area (Å²) in [5.41, 5.74) is -0.508. The van der Waals surface area contributed by atoms with Crippen molar-refractivity contribution in [3.8, 4) is 5.82 Å². The summed E-state index contributed by atoms with van der Waals surface area (Å²) in [4.78, 5) is 29.9. The van der Waals surface area contributed by atoms with Crippen LogP contribution in [0.25, 0.3) is 5.82 Å². The van der Waals surface area contributed by atoms with Gasteiger partial charge in [0.15, 0.2) is 5.82 Å². The van der Waals surface area contributed by atoms with Crippen LogP contribution in [0.5, 0.6) is 0 Å². The van der Waals surface area contributed by atoms with Crippen molar-refractivity contribution in [3.63, 3.8) is 0 Å². The predicted molar refractivity (Wildman–Crippen MR) is 120 cm³/mol. The van der Waals surface area contributed by atoms with Gasteiger partial charge in [0.2, 0.25) is 5.82 Å². The van der Waals surface area contributed by atoms with Crippen LogP contribution < -0.4 is 5.32 Å². The number of tetrazole rings is 1. The average molecular weight is 544 g/mol. The highest BCUT2D eigenvalue weighted by Crippen LogP contribution is 2.31. The van der Waals surface area contributed by atoms with Gasteiger partial charge >= 0.3 is 12.4 Å². The van der Waals surface area contributed by atoms with Crippen molar-refractivity contribution in [2.75, 3.05) is 5.32 Å². The Labute approximate surface area is 209 Å². The zero-order valence-corrected chi connectivity index (χ0v) is 19.3. The molecule has 1 aromatic carbocycles.